The molecule has 7 heteroatoms. The third-order valence-corrected chi connectivity index (χ3v) is 4.99. The molecule has 0 N–H and O–H groups in total. The van der Waals surface area contributed by atoms with E-state index in [1.807, 2.05) is 0 Å². The van der Waals surface area contributed by atoms with Crippen LogP contribution in [0.3, 0.4) is 0 Å². The molecule has 1 aliphatic heterocycles. The number of hydrogen-bond donors (Lipinski definition) is 0. The van der Waals surface area contributed by atoms with Gasteiger partial charge in [0.2, 0.25) is 0 Å². The molecule has 0 amide bonds. The normalized spacial score (nSPS) is 15.1. The lowest BCUT2D eigenvalue weighted by Gasteiger charge is -2.13. The number of esters is 1. The Balaban J connectivity index is 2.24. The van der Waals surface area contributed by atoms with Crippen LogP contribution in [0, 0.1) is 0 Å². The third kappa shape index (κ3) is 2.97. The van der Waals surface area contributed by atoms with Crippen LogP contribution in [0.25, 0.3) is 0 Å². The van der Waals surface area contributed by atoms with E-state index in [0.717, 1.165) is 22.8 Å². The van der Waals surface area contributed by atoms with Crippen LogP contribution in [-0.2, 0) is 23.0 Å². The second-order valence-corrected chi connectivity index (χ2v) is 6.56. The van der Waals surface area contributed by atoms with Gasteiger partial charge in [-0.1, -0.05) is 11.8 Å². The molecule has 5 nitrogen and oxygen atoms in total. The van der Waals surface area contributed by atoms with Gasteiger partial charge in [-0.05, 0) is 13.8 Å². The summed E-state index contributed by atoms with van der Waals surface area (Å²) < 4.78 is 6.47. The van der Waals surface area contributed by atoms with Crippen molar-refractivity contribution in [1.29, 1.82) is 0 Å². The van der Waals surface area contributed by atoms with E-state index in [-0.39, 0.29) is 16.8 Å². The van der Waals surface area contributed by atoms with Crippen LogP contribution >= 0.6 is 23.5 Å². The standard InChI is InChI=1S/C12H16N2O3S2/c1-4-17-11(16)7(2)19-12-13-8-5-6-18-9(8)10(15)14(12)3/h7H,4-6H2,1-3H3. The predicted molar refractivity (Wildman–Crippen MR) is 75.9 cm³/mol. The lowest BCUT2D eigenvalue weighted by atomic mass is 10.3. The highest BCUT2D eigenvalue weighted by Gasteiger charge is 2.23. The van der Waals surface area contributed by atoms with E-state index in [1.54, 1.807) is 32.7 Å². The molecule has 1 aromatic heterocycles. The quantitative estimate of drug-likeness (QED) is 0.477. The zero-order chi connectivity index (χ0) is 14.0. The zero-order valence-electron chi connectivity index (χ0n) is 11.1. The van der Waals surface area contributed by atoms with Crippen molar-refractivity contribution in [3.05, 3.63) is 16.0 Å². The lowest BCUT2D eigenvalue weighted by Crippen LogP contribution is -2.24. The van der Waals surface area contributed by atoms with E-state index >= 15 is 0 Å². The Bertz CT molecular complexity index is 557. The van der Waals surface area contributed by atoms with Crippen LogP contribution in [0.1, 0.15) is 19.5 Å². The Morgan fingerprint density at radius 3 is 3.05 bits per heavy atom. The Morgan fingerprint density at radius 2 is 2.37 bits per heavy atom. The summed E-state index contributed by atoms with van der Waals surface area (Å²) in [7, 11) is 1.69. The van der Waals surface area contributed by atoms with E-state index < -0.39 is 0 Å². The maximum absolute atomic E-state index is 12.1. The molecule has 1 unspecified atom stereocenters. The minimum absolute atomic E-state index is 0.0222. The molecule has 0 aromatic carbocycles. The minimum atomic E-state index is -0.370. The second-order valence-electron chi connectivity index (χ2n) is 4.14. The third-order valence-electron chi connectivity index (χ3n) is 2.76. The summed E-state index contributed by atoms with van der Waals surface area (Å²) >= 11 is 2.82. The van der Waals surface area contributed by atoms with Crippen molar-refractivity contribution >= 4 is 29.5 Å². The Kier molecular flexibility index (Phi) is 4.57. The van der Waals surface area contributed by atoms with E-state index in [1.165, 1.54) is 16.3 Å². The fourth-order valence-electron chi connectivity index (χ4n) is 1.74. The van der Waals surface area contributed by atoms with Crippen LogP contribution in [-0.4, -0.2) is 33.1 Å². The topological polar surface area (TPSA) is 61.2 Å². The summed E-state index contributed by atoms with van der Waals surface area (Å²) in [6.45, 7) is 3.89. The molecule has 2 rings (SSSR count). The molecular weight excluding hydrogens is 284 g/mol. The van der Waals surface area contributed by atoms with Crippen molar-refractivity contribution in [3.8, 4) is 0 Å². The Labute approximate surface area is 120 Å². The molecule has 2 heterocycles. The van der Waals surface area contributed by atoms with E-state index in [2.05, 4.69) is 4.98 Å². The highest BCUT2D eigenvalue weighted by atomic mass is 32.2. The summed E-state index contributed by atoms with van der Waals surface area (Å²) in [5.74, 6) is 0.621. The molecule has 0 bridgehead atoms. The maximum atomic E-state index is 12.1. The van der Waals surface area contributed by atoms with Gasteiger partial charge in [-0.2, -0.15) is 0 Å². The van der Waals surface area contributed by atoms with Gasteiger partial charge < -0.3 is 4.74 Å². The molecule has 1 atom stereocenters. The summed E-state index contributed by atoms with van der Waals surface area (Å²) in [5.41, 5.74) is 0.831. The Hall–Kier alpha value is -0.950. The fourth-order valence-corrected chi connectivity index (χ4v) is 3.70. The van der Waals surface area contributed by atoms with Gasteiger partial charge >= 0.3 is 5.97 Å². The summed E-state index contributed by atoms with van der Waals surface area (Å²) in [4.78, 5) is 29.0. The lowest BCUT2D eigenvalue weighted by molar-refractivity contribution is -0.142. The SMILES string of the molecule is CCOC(=O)C(C)Sc1nc2c(c(=O)n1C)SCC2. The van der Waals surface area contributed by atoms with Crippen molar-refractivity contribution in [2.24, 2.45) is 7.05 Å². The molecule has 19 heavy (non-hydrogen) atoms. The smallest absolute Gasteiger partial charge is 0.319 e. The van der Waals surface area contributed by atoms with Crippen LogP contribution in [0.4, 0.5) is 0 Å². The van der Waals surface area contributed by atoms with Crippen LogP contribution < -0.4 is 5.56 Å². The molecule has 1 aromatic rings. The molecule has 104 valence electrons. The van der Waals surface area contributed by atoms with Crippen molar-refractivity contribution < 1.29 is 9.53 Å². The van der Waals surface area contributed by atoms with Gasteiger partial charge in [0.15, 0.2) is 5.16 Å². The number of hydrogen-bond acceptors (Lipinski definition) is 6. The molecule has 0 spiro atoms. The van der Waals surface area contributed by atoms with E-state index in [4.69, 9.17) is 4.74 Å². The Morgan fingerprint density at radius 1 is 1.63 bits per heavy atom. The number of aryl methyl sites for hydroxylation is 1. The van der Waals surface area contributed by atoms with Crippen LogP contribution in [0.5, 0.6) is 0 Å². The maximum Gasteiger partial charge on any atom is 0.319 e. The molecule has 1 aliphatic rings. The molecule has 0 saturated carbocycles. The molecule has 0 fully saturated rings. The van der Waals surface area contributed by atoms with Gasteiger partial charge in [0.05, 0.1) is 17.2 Å². The average Bonchev–Trinajstić information content (AvgIpc) is 2.84. The van der Waals surface area contributed by atoms with Crippen LogP contribution in [0.2, 0.25) is 0 Å². The first kappa shape index (κ1) is 14.5. The number of carbonyl (C=O) groups excluding carboxylic acids is 1. The van der Waals surface area contributed by atoms with Crippen molar-refractivity contribution in [3.63, 3.8) is 0 Å². The van der Waals surface area contributed by atoms with Crippen molar-refractivity contribution in [2.75, 3.05) is 12.4 Å². The van der Waals surface area contributed by atoms with Crippen molar-refractivity contribution in [2.45, 2.75) is 35.6 Å². The van der Waals surface area contributed by atoms with Gasteiger partial charge in [-0.15, -0.1) is 11.8 Å². The highest BCUT2D eigenvalue weighted by molar-refractivity contribution is 8.00. The largest absolute Gasteiger partial charge is 0.465 e. The first-order valence-electron chi connectivity index (χ1n) is 6.10. The van der Waals surface area contributed by atoms with E-state index in [9.17, 15) is 9.59 Å². The number of fused-ring (bicyclic) bond motifs is 1. The zero-order valence-corrected chi connectivity index (χ0v) is 12.8. The summed E-state index contributed by atoms with van der Waals surface area (Å²) in [5, 5.41) is 0.206. The molecule has 0 aliphatic carbocycles. The van der Waals surface area contributed by atoms with E-state index in [0.29, 0.717) is 11.8 Å². The monoisotopic (exact) mass is 300 g/mol. The van der Waals surface area contributed by atoms with Gasteiger partial charge in [-0.25, -0.2) is 4.98 Å². The number of ether oxygens (including phenoxy) is 1. The number of aromatic nitrogens is 2. The van der Waals surface area contributed by atoms with Gasteiger partial charge in [0, 0.05) is 19.2 Å². The van der Waals surface area contributed by atoms with Gasteiger partial charge in [0.25, 0.3) is 5.56 Å². The number of thioether (sulfide) groups is 2. The number of rotatable bonds is 4. The first-order chi connectivity index (χ1) is 9.04. The minimum Gasteiger partial charge on any atom is -0.465 e. The molecule has 0 radical (unpaired) electrons. The van der Waals surface area contributed by atoms with Gasteiger partial charge in [0.1, 0.15) is 5.25 Å². The first-order valence-corrected chi connectivity index (χ1v) is 7.97. The number of nitrogens with zero attached hydrogens (tertiary/aromatic N) is 2. The summed E-state index contributed by atoms with van der Waals surface area (Å²) in [6.07, 6.45) is 0.817. The number of carbonyl (C=O) groups is 1. The molecular formula is C12H16N2O3S2. The highest BCUT2D eigenvalue weighted by Crippen LogP contribution is 2.29. The van der Waals surface area contributed by atoms with Gasteiger partial charge in [-0.3, -0.25) is 14.2 Å². The predicted octanol–water partition coefficient (Wildman–Crippen LogP) is 1.47. The second kappa shape index (κ2) is 6.00. The molecule has 0 saturated heterocycles. The summed E-state index contributed by atoms with van der Waals surface area (Å²) in [6, 6.07) is 0. The van der Waals surface area contributed by atoms with Crippen molar-refractivity contribution in [1.82, 2.24) is 9.55 Å². The van der Waals surface area contributed by atoms with Crippen LogP contribution in [0.15, 0.2) is 14.8 Å². The average molecular weight is 300 g/mol. The fraction of sp³-hybridized carbons (Fsp3) is 0.583.